The molecule has 0 bridgehead atoms. The third-order valence-corrected chi connectivity index (χ3v) is 6.79. The molecule has 2 aromatic rings. The lowest BCUT2D eigenvalue weighted by molar-refractivity contribution is -0.143. The van der Waals surface area contributed by atoms with Gasteiger partial charge in [-0.3, -0.25) is 39.0 Å². The van der Waals surface area contributed by atoms with Gasteiger partial charge in [-0.1, -0.05) is 67.1 Å². The number of carboxylic acids is 4. The number of hydrogen-bond donors (Lipinski definition) is 7. The summed E-state index contributed by atoms with van der Waals surface area (Å²) in [6.07, 6.45) is 6.34. The molecule has 11 N–H and O–H groups in total. The molecule has 52 heavy (non-hydrogen) atoms. The molecule has 0 amide bonds. The quantitative estimate of drug-likeness (QED) is 0.0709. The fourth-order valence-electron chi connectivity index (χ4n) is 4.11. The van der Waals surface area contributed by atoms with E-state index in [-0.39, 0.29) is 31.2 Å². The fourth-order valence-corrected chi connectivity index (χ4v) is 4.11. The molecule has 0 aromatic heterocycles. The molecule has 16 heteroatoms. The van der Waals surface area contributed by atoms with Crippen molar-refractivity contribution in [1.82, 2.24) is 15.1 Å². The Bertz CT molecular complexity index is 1130. The van der Waals surface area contributed by atoms with Crippen LogP contribution in [0.15, 0.2) is 70.6 Å². The Balaban J connectivity index is 0. The number of unbranched alkanes of at least 4 members (excludes halogenated alkanes) is 2. The van der Waals surface area contributed by atoms with Crippen LogP contribution in [-0.4, -0.2) is 144 Å². The molecule has 1 fully saturated rings. The average molecular weight is 734 g/mol. The Morgan fingerprint density at radius 1 is 0.615 bits per heavy atom. The first-order chi connectivity index (χ1) is 24.6. The maximum absolute atomic E-state index is 9.64. The molecule has 1 saturated heterocycles. The molecule has 292 valence electrons. The van der Waals surface area contributed by atoms with Crippen molar-refractivity contribution < 1.29 is 45.1 Å². The highest BCUT2D eigenvalue weighted by Crippen LogP contribution is 2.04. The molecule has 0 radical (unpaired) electrons. The summed E-state index contributed by atoms with van der Waals surface area (Å²) in [7, 11) is 0. The van der Waals surface area contributed by atoms with Crippen LogP contribution in [0.3, 0.4) is 0 Å². The fraction of sp³-hybridized carbons (Fsp3) is 0.500. The van der Waals surface area contributed by atoms with E-state index in [4.69, 9.17) is 31.9 Å². The first-order valence-corrected chi connectivity index (χ1v) is 17.1. The molecule has 0 unspecified atom stereocenters. The summed E-state index contributed by atoms with van der Waals surface area (Å²) in [5.74, 6) is -4.31. The summed E-state index contributed by atoms with van der Waals surface area (Å²) in [5.41, 5.74) is 13.0. The Hall–Kier alpha value is -4.58. The van der Waals surface area contributed by atoms with Crippen LogP contribution >= 0.6 is 0 Å². The normalized spacial score (nSPS) is 12.4. The van der Waals surface area contributed by atoms with Crippen molar-refractivity contribution in [2.75, 3.05) is 72.1 Å². The molecular formula is C36H59N7O9. The minimum atomic E-state index is -1.08. The first kappa shape index (κ1) is 49.5. The largest absolute Gasteiger partial charge is 0.481 e. The van der Waals surface area contributed by atoms with E-state index >= 15 is 0 Å². The van der Waals surface area contributed by atoms with Gasteiger partial charge in [0.25, 0.3) is 0 Å². The SMILES string of the molecule is C(=NCCN1CCN(CCN=Cc2ccccc2)C1)c1ccccc1.NCCCCCNCCN.O.O=C(O)CCC(=O)O.O=C(O)CCC(=O)O. The molecule has 2 aromatic carbocycles. The number of aliphatic imine (C=N–C) groups is 2. The van der Waals surface area contributed by atoms with Gasteiger partial charge < -0.3 is 42.7 Å². The number of carbonyl (C=O) groups is 4. The van der Waals surface area contributed by atoms with Gasteiger partial charge in [-0.25, -0.2) is 0 Å². The molecule has 0 spiro atoms. The second-order valence-electron chi connectivity index (χ2n) is 11.2. The molecule has 0 aliphatic carbocycles. The smallest absolute Gasteiger partial charge is 0.303 e. The Morgan fingerprint density at radius 2 is 1.02 bits per heavy atom. The average Bonchev–Trinajstić information content (AvgIpc) is 3.57. The van der Waals surface area contributed by atoms with Gasteiger partial charge in [0.05, 0.1) is 45.4 Å². The second kappa shape index (κ2) is 34.9. The van der Waals surface area contributed by atoms with Crippen LogP contribution in [-0.2, 0) is 19.2 Å². The van der Waals surface area contributed by atoms with Crippen LogP contribution < -0.4 is 16.8 Å². The van der Waals surface area contributed by atoms with E-state index in [0.717, 1.165) is 78.5 Å². The molecular weight excluding hydrogens is 674 g/mol. The van der Waals surface area contributed by atoms with Crippen molar-refractivity contribution in [2.45, 2.75) is 44.9 Å². The third-order valence-electron chi connectivity index (χ3n) is 6.79. The summed E-state index contributed by atoms with van der Waals surface area (Å²) in [6.45, 7) is 10.6. The summed E-state index contributed by atoms with van der Waals surface area (Å²) in [5, 5.41) is 34.8. The van der Waals surface area contributed by atoms with Crippen LogP contribution in [0.1, 0.15) is 56.1 Å². The van der Waals surface area contributed by atoms with Gasteiger partial charge in [0.1, 0.15) is 0 Å². The second-order valence-corrected chi connectivity index (χ2v) is 11.2. The van der Waals surface area contributed by atoms with Crippen LogP contribution in [0.25, 0.3) is 0 Å². The van der Waals surface area contributed by atoms with Gasteiger partial charge in [-0.05, 0) is 37.1 Å². The zero-order valence-corrected chi connectivity index (χ0v) is 30.0. The van der Waals surface area contributed by atoms with Crippen molar-refractivity contribution >= 4 is 36.3 Å². The van der Waals surface area contributed by atoms with E-state index in [1.54, 1.807) is 0 Å². The van der Waals surface area contributed by atoms with E-state index in [9.17, 15) is 19.2 Å². The van der Waals surface area contributed by atoms with Crippen molar-refractivity contribution in [3.05, 3.63) is 71.8 Å². The monoisotopic (exact) mass is 733 g/mol. The number of carboxylic acid groups (broad SMARTS) is 4. The predicted molar refractivity (Wildman–Crippen MR) is 203 cm³/mol. The maximum Gasteiger partial charge on any atom is 0.303 e. The van der Waals surface area contributed by atoms with E-state index in [0.29, 0.717) is 0 Å². The molecule has 3 rings (SSSR count). The highest BCUT2D eigenvalue weighted by Gasteiger charge is 2.18. The minimum absolute atomic E-state index is 0. The summed E-state index contributed by atoms with van der Waals surface area (Å²) >= 11 is 0. The first-order valence-electron chi connectivity index (χ1n) is 17.1. The van der Waals surface area contributed by atoms with Crippen molar-refractivity contribution in [1.29, 1.82) is 0 Å². The van der Waals surface area contributed by atoms with Gasteiger partial charge in [0.2, 0.25) is 0 Å². The highest BCUT2D eigenvalue weighted by molar-refractivity contribution is 5.80. The van der Waals surface area contributed by atoms with Gasteiger partial charge in [-0.2, -0.15) is 0 Å². The minimum Gasteiger partial charge on any atom is -0.481 e. The third kappa shape index (κ3) is 33.9. The number of nitrogens with zero attached hydrogens (tertiary/aromatic N) is 4. The Morgan fingerprint density at radius 3 is 1.37 bits per heavy atom. The molecule has 1 heterocycles. The number of nitrogens with one attached hydrogen (secondary N) is 1. The zero-order valence-electron chi connectivity index (χ0n) is 30.0. The Kier molecular flexibility index (Phi) is 33.2. The summed E-state index contributed by atoms with van der Waals surface area (Å²) in [4.78, 5) is 52.5. The molecule has 1 aliphatic heterocycles. The molecule has 0 atom stereocenters. The maximum atomic E-state index is 9.64. The highest BCUT2D eigenvalue weighted by atomic mass is 16.4. The topological polar surface area (TPSA) is 276 Å². The molecule has 1 aliphatic rings. The number of nitrogens with two attached hydrogens (primary N) is 2. The predicted octanol–water partition coefficient (Wildman–Crippen LogP) is 1.51. The lowest BCUT2D eigenvalue weighted by Gasteiger charge is -2.16. The number of hydrogen-bond acceptors (Lipinski definition) is 11. The number of benzene rings is 2. The van der Waals surface area contributed by atoms with Crippen molar-refractivity contribution in [2.24, 2.45) is 21.5 Å². The van der Waals surface area contributed by atoms with Crippen LogP contribution in [0.4, 0.5) is 0 Å². The van der Waals surface area contributed by atoms with E-state index in [1.165, 1.54) is 24.0 Å². The summed E-state index contributed by atoms with van der Waals surface area (Å²) in [6, 6.07) is 20.5. The number of aliphatic carboxylic acids is 4. The van der Waals surface area contributed by atoms with Crippen molar-refractivity contribution in [3.63, 3.8) is 0 Å². The van der Waals surface area contributed by atoms with Crippen molar-refractivity contribution in [3.8, 4) is 0 Å². The Labute approximate surface area is 306 Å². The zero-order chi connectivity index (χ0) is 38.0. The van der Waals surface area contributed by atoms with Crippen LogP contribution in [0, 0.1) is 0 Å². The summed E-state index contributed by atoms with van der Waals surface area (Å²) < 4.78 is 0. The van der Waals surface area contributed by atoms with E-state index < -0.39 is 23.9 Å². The standard InChI is InChI=1S/C21H26N4.C7H19N3.2C4H6O4.H2O/c1-3-7-20(8-4-1)17-22-11-13-24-15-16-25(19-24)14-12-23-18-21-9-5-2-6-10-21;8-4-2-1-3-6-10-7-5-9;2*5-3(6)1-2-4(7)8;/h1-10,17-18H,11-16,19H2;10H,1-9H2;2*1-2H2,(H,5,6)(H,7,8);1H2. The number of rotatable bonds is 21. The van der Waals surface area contributed by atoms with Gasteiger partial charge in [0.15, 0.2) is 0 Å². The molecule has 0 saturated carbocycles. The van der Waals surface area contributed by atoms with Gasteiger partial charge >= 0.3 is 23.9 Å². The van der Waals surface area contributed by atoms with Crippen LogP contribution in [0.2, 0.25) is 0 Å². The van der Waals surface area contributed by atoms with Crippen LogP contribution in [0.5, 0.6) is 0 Å². The van der Waals surface area contributed by atoms with Gasteiger partial charge in [-0.15, -0.1) is 0 Å². The lowest BCUT2D eigenvalue weighted by atomic mass is 10.2. The molecule has 16 nitrogen and oxygen atoms in total. The van der Waals surface area contributed by atoms with E-state index in [1.807, 2.05) is 48.8 Å². The lowest BCUT2D eigenvalue weighted by Crippen LogP contribution is -2.29. The van der Waals surface area contributed by atoms with E-state index in [2.05, 4.69) is 49.4 Å². The van der Waals surface area contributed by atoms with Gasteiger partial charge in [0, 0.05) is 51.7 Å².